The Morgan fingerprint density at radius 3 is 2.71 bits per heavy atom. The van der Waals surface area contributed by atoms with E-state index in [0.717, 1.165) is 0 Å². The van der Waals surface area contributed by atoms with Gasteiger partial charge in [-0.15, -0.1) is 0 Å². The lowest BCUT2D eigenvalue weighted by molar-refractivity contribution is -0.140. The van der Waals surface area contributed by atoms with Crippen LogP contribution in [0.2, 0.25) is 0 Å². The number of nitrogens with zero attached hydrogens (tertiary/aromatic N) is 1. The third kappa shape index (κ3) is 4.37. The van der Waals surface area contributed by atoms with E-state index in [4.69, 9.17) is 9.84 Å². The van der Waals surface area contributed by atoms with E-state index in [2.05, 4.69) is 21.2 Å². The second-order valence-electron chi connectivity index (χ2n) is 5.84. The molecule has 0 radical (unpaired) electrons. The Morgan fingerprint density at radius 2 is 2.00 bits per heavy atom. The summed E-state index contributed by atoms with van der Waals surface area (Å²) in [6.45, 7) is -0.771. The molecule has 0 aromatic heterocycles. The van der Waals surface area contributed by atoms with Gasteiger partial charge in [-0.1, -0.05) is 34.1 Å². The number of amides is 3. The molecular weight excluding hydrogens is 435 g/mol. The molecule has 2 N–H and O–H groups in total. The highest BCUT2D eigenvalue weighted by molar-refractivity contribution is 9.10. The van der Waals surface area contributed by atoms with Crippen molar-refractivity contribution in [3.05, 3.63) is 69.6 Å². The molecule has 0 spiro atoms. The summed E-state index contributed by atoms with van der Waals surface area (Å²) < 4.78 is 20.2. The average Bonchev–Trinajstić information content (AvgIpc) is 2.89. The van der Waals surface area contributed by atoms with Gasteiger partial charge in [-0.3, -0.25) is 9.59 Å². The smallest absolute Gasteiger partial charge is 0.329 e. The van der Waals surface area contributed by atoms with E-state index in [1.165, 1.54) is 12.1 Å². The molecule has 9 heteroatoms. The van der Waals surface area contributed by atoms with Gasteiger partial charge < -0.3 is 15.2 Å². The maximum absolute atomic E-state index is 13.8. The van der Waals surface area contributed by atoms with Gasteiger partial charge in [-0.25, -0.2) is 14.1 Å². The van der Waals surface area contributed by atoms with Crippen molar-refractivity contribution < 1.29 is 28.6 Å². The standard InChI is InChI=1S/C19H14BrFN2O5/c20-13-5-6-16(28-10-11-3-1-2-4-14(11)21)12(7-13)8-15-18(26)23(9-17(24)25)19(27)22-15/h1-8H,9-10H2,(H,22,27)(H,24,25)/b15-8+. The predicted octanol–water partition coefficient (Wildman–Crippen LogP) is 3.14. The number of benzene rings is 2. The predicted molar refractivity (Wildman–Crippen MR) is 101 cm³/mol. The molecule has 2 aromatic carbocycles. The van der Waals surface area contributed by atoms with Crippen LogP contribution in [0.4, 0.5) is 9.18 Å². The van der Waals surface area contributed by atoms with Crippen molar-refractivity contribution in [2.45, 2.75) is 6.61 Å². The zero-order valence-corrected chi connectivity index (χ0v) is 15.9. The van der Waals surface area contributed by atoms with Crippen molar-refractivity contribution in [3.8, 4) is 5.75 Å². The summed E-state index contributed by atoms with van der Waals surface area (Å²) in [7, 11) is 0. The largest absolute Gasteiger partial charge is 0.488 e. The van der Waals surface area contributed by atoms with E-state index in [9.17, 15) is 18.8 Å². The van der Waals surface area contributed by atoms with Crippen LogP contribution in [0, 0.1) is 5.82 Å². The van der Waals surface area contributed by atoms with E-state index in [0.29, 0.717) is 26.2 Å². The van der Waals surface area contributed by atoms with Gasteiger partial charge in [0, 0.05) is 15.6 Å². The summed E-state index contributed by atoms with van der Waals surface area (Å²) in [4.78, 5) is 35.5. The summed E-state index contributed by atoms with van der Waals surface area (Å²) in [5, 5.41) is 11.2. The maximum Gasteiger partial charge on any atom is 0.329 e. The third-order valence-electron chi connectivity index (χ3n) is 3.87. The molecule has 0 unspecified atom stereocenters. The number of nitrogens with one attached hydrogen (secondary N) is 1. The highest BCUT2D eigenvalue weighted by Gasteiger charge is 2.35. The van der Waals surface area contributed by atoms with E-state index in [1.54, 1.807) is 36.4 Å². The summed E-state index contributed by atoms with van der Waals surface area (Å²) >= 11 is 3.32. The Hall–Kier alpha value is -3.20. The molecule has 0 aliphatic carbocycles. The first-order chi connectivity index (χ1) is 13.3. The molecule has 0 saturated carbocycles. The number of hydrogen-bond acceptors (Lipinski definition) is 4. The van der Waals surface area contributed by atoms with Crippen molar-refractivity contribution in [2.24, 2.45) is 0 Å². The molecule has 0 atom stereocenters. The van der Waals surface area contributed by atoms with Gasteiger partial charge in [0.25, 0.3) is 5.91 Å². The number of imide groups is 1. The molecule has 3 amide bonds. The van der Waals surface area contributed by atoms with Gasteiger partial charge in [0.1, 0.15) is 30.4 Å². The second-order valence-corrected chi connectivity index (χ2v) is 6.75. The highest BCUT2D eigenvalue weighted by Crippen LogP contribution is 2.27. The highest BCUT2D eigenvalue weighted by atomic mass is 79.9. The van der Waals surface area contributed by atoms with Crippen LogP contribution >= 0.6 is 15.9 Å². The minimum absolute atomic E-state index is 0.0318. The number of urea groups is 1. The number of ether oxygens (including phenoxy) is 1. The molecule has 28 heavy (non-hydrogen) atoms. The molecule has 2 aromatic rings. The first-order valence-electron chi connectivity index (χ1n) is 8.07. The number of carboxylic acid groups (broad SMARTS) is 1. The Labute approximate surface area is 167 Å². The fraction of sp³-hybridized carbons (Fsp3) is 0.105. The third-order valence-corrected chi connectivity index (χ3v) is 4.36. The number of rotatable bonds is 6. The number of carbonyl (C=O) groups is 3. The van der Waals surface area contributed by atoms with Crippen LogP contribution in [-0.2, 0) is 16.2 Å². The van der Waals surface area contributed by atoms with Crippen LogP contribution < -0.4 is 10.1 Å². The number of aliphatic carboxylic acids is 1. The molecule has 1 saturated heterocycles. The Morgan fingerprint density at radius 1 is 1.25 bits per heavy atom. The lowest BCUT2D eigenvalue weighted by Crippen LogP contribution is -2.35. The summed E-state index contributed by atoms with van der Waals surface area (Å²) in [5.74, 6) is -2.10. The molecular formula is C19H14BrFN2O5. The summed E-state index contributed by atoms with van der Waals surface area (Å²) in [6, 6.07) is 10.4. The topological polar surface area (TPSA) is 95.9 Å². The van der Waals surface area contributed by atoms with E-state index in [-0.39, 0.29) is 12.3 Å². The van der Waals surface area contributed by atoms with Crippen LogP contribution in [0.1, 0.15) is 11.1 Å². The van der Waals surface area contributed by atoms with Gasteiger partial charge in [0.05, 0.1) is 0 Å². The number of halogens is 2. The molecule has 0 bridgehead atoms. The van der Waals surface area contributed by atoms with Crippen molar-refractivity contribution in [2.75, 3.05) is 6.54 Å². The first-order valence-corrected chi connectivity index (χ1v) is 8.86. The van der Waals surface area contributed by atoms with E-state index >= 15 is 0 Å². The van der Waals surface area contributed by atoms with Crippen molar-refractivity contribution in [1.82, 2.24) is 10.2 Å². The second kappa shape index (κ2) is 8.22. The van der Waals surface area contributed by atoms with Gasteiger partial charge >= 0.3 is 12.0 Å². The number of carboxylic acids is 1. The number of carbonyl (C=O) groups excluding carboxylic acids is 2. The van der Waals surface area contributed by atoms with E-state index in [1.807, 2.05) is 0 Å². The van der Waals surface area contributed by atoms with Gasteiger partial charge in [-0.2, -0.15) is 0 Å². The average molecular weight is 449 g/mol. The van der Waals surface area contributed by atoms with Crippen LogP contribution in [0.25, 0.3) is 6.08 Å². The molecule has 7 nitrogen and oxygen atoms in total. The summed E-state index contributed by atoms with van der Waals surface area (Å²) in [5.41, 5.74) is 0.730. The molecule has 1 aliphatic rings. The minimum atomic E-state index is -1.30. The van der Waals surface area contributed by atoms with Crippen molar-refractivity contribution in [1.29, 1.82) is 0 Å². The molecule has 1 heterocycles. The van der Waals surface area contributed by atoms with Gasteiger partial charge in [-0.05, 0) is 30.3 Å². The van der Waals surface area contributed by atoms with Crippen molar-refractivity contribution in [3.63, 3.8) is 0 Å². The van der Waals surface area contributed by atoms with Gasteiger partial charge in [0.2, 0.25) is 0 Å². The molecule has 1 aliphatic heterocycles. The lowest BCUT2D eigenvalue weighted by atomic mass is 10.1. The summed E-state index contributed by atoms with van der Waals surface area (Å²) in [6.07, 6.45) is 1.38. The Kier molecular flexibility index (Phi) is 5.74. The quantitative estimate of drug-likeness (QED) is 0.522. The molecule has 144 valence electrons. The zero-order valence-electron chi connectivity index (χ0n) is 14.3. The van der Waals surface area contributed by atoms with Crippen LogP contribution in [0.5, 0.6) is 5.75 Å². The Balaban J connectivity index is 1.86. The molecule has 1 fully saturated rings. The fourth-order valence-electron chi connectivity index (χ4n) is 2.54. The SMILES string of the molecule is O=C(O)CN1C(=O)N/C(=C/c2cc(Br)ccc2OCc2ccccc2F)C1=O. The Bertz CT molecular complexity index is 992. The normalized spacial score (nSPS) is 15.1. The monoisotopic (exact) mass is 448 g/mol. The van der Waals surface area contributed by atoms with Crippen LogP contribution in [0.3, 0.4) is 0 Å². The van der Waals surface area contributed by atoms with Crippen molar-refractivity contribution >= 4 is 39.9 Å². The van der Waals surface area contributed by atoms with Crippen LogP contribution in [-0.4, -0.2) is 34.5 Å². The number of hydrogen-bond donors (Lipinski definition) is 2. The van der Waals surface area contributed by atoms with Crippen LogP contribution in [0.15, 0.2) is 52.6 Å². The lowest BCUT2D eigenvalue weighted by Gasteiger charge is -2.11. The van der Waals surface area contributed by atoms with Gasteiger partial charge in [0.15, 0.2) is 0 Å². The first kappa shape index (κ1) is 19.6. The fourth-order valence-corrected chi connectivity index (χ4v) is 2.92. The maximum atomic E-state index is 13.8. The minimum Gasteiger partial charge on any atom is -0.488 e. The zero-order chi connectivity index (χ0) is 20.3. The molecule has 3 rings (SSSR count). The van der Waals surface area contributed by atoms with E-state index < -0.39 is 30.3 Å².